The largest absolute Gasteiger partial charge is 0.478 e. The first-order valence-corrected chi connectivity index (χ1v) is 6.28. The van der Waals surface area contributed by atoms with Gasteiger partial charge in [-0.15, -0.1) is 0 Å². The van der Waals surface area contributed by atoms with Gasteiger partial charge in [0.15, 0.2) is 5.76 Å². The van der Waals surface area contributed by atoms with Gasteiger partial charge in [0.05, 0.1) is 5.56 Å². The van der Waals surface area contributed by atoms with Crippen LogP contribution in [0.15, 0.2) is 41.0 Å². The van der Waals surface area contributed by atoms with Crippen molar-refractivity contribution in [2.45, 2.75) is 19.9 Å². The number of carbonyl (C=O) groups is 2. The predicted octanol–water partition coefficient (Wildman–Crippen LogP) is 2.47. The molecule has 0 aliphatic rings. The van der Waals surface area contributed by atoms with Gasteiger partial charge < -0.3 is 14.8 Å². The lowest BCUT2D eigenvalue weighted by molar-refractivity contribution is 0.0696. The van der Waals surface area contributed by atoms with Crippen LogP contribution in [-0.4, -0.2) is 17.0 Å². The van der Waals surface area contributed by atoms with Crippen LogP contribution in [0.5, 0.6) is 0 Å². The summed E-state index contributed by atoms with van der Waals surface area (Å²) in [6.07, 6.45) is 2.02. The number of nitrogens with one attached hydrogen (secondary N) is 1. The Kier molecular flexibility index (Phi) is 4.20. The van der Waals surface area contributed by atoms with Crippen molar-refractivity contribution in [3.05, 3.63) is 59.0 Å². The maximum atomic E-state index is 11.8. The van der Waals surface area contributed by atoms with E-state index in [9.17, 15) is 9.59 Å². The Morgan fingerprint density at radius 3 is 2.40 bits per heavy atom. The summed E-state index contributed by atoms with van der Waals surface area (Å²) in [5.74, 6) is -1.56. The molecule has 1 aromatic heterocycles. The van der Waals surface area contributed by atoms with Crippen LogP contribution in [0.3, 0.4) is 0 Å². The monoisotopic (exact) mass is 273 g/mol. The zero-order valence-electron chi connectivity index (χ0n) is 11.1. The van der Waals surface area contributed by atoms with E-state index in [4.69, 9.17) is 9.52 Å². The molecule has 0 saturated carbocycles. The van der Waals surface area contributed by atoms with E-state index in [0.29, 0.717) is 6.54 Å². The van der Waals surface area contributed by atoms with Crippen molar-refractivity contribution >= 4 is 11.9 Å². The SMILES string of the molecule is CCc1ccc(CNC(=O)c2cc(C(=O)O)co2)cc1. The average Bonchev–Trinajstić information content (AvgIpc) is 2.95. The quantitative estimate of drug-likeness (QED) is 0.877. The zero-order chi connectivity index (χ0) is 14.5. The molecule has 104 valence electrons. The normalized spacial score (nSPS) is 10.2. The minimum atomic E-state index is -1.12. The van der Waals surface area contributed by atoms with Gasteiger partial charge >= 0.3 is 5.97 Å². The van der Waals surface area contributed by atoms with Crippen LogP contribution >= 0.6 is 0 Å². The van der Waals surface area contributed by atoms with Gasteiger partial charge in [0.2, 0.25) is 0 Å². The molecule has 1 aromatic carbocycles. The van der Waals surface area contributed by atoms with Crippen molar-refractivity contribution in [1.29, 1.82) is 0 Å². The van der Waals surface area contributed by atoms with E-state index < -0.39 is 11.9 Å². The van der Waals surface area contributed by atoms with E-state index in [1.54, 1.807) is 0 Å². The summed E-state index contributed by atoms with van der Waals surface area (Å²) in [6, 6.07) is 9.12. The maximum Gasteiger partial charge on any atom is 0.338 e. The number of rotatable bonds is 5. The van der Waals surface area contributed by atoms with Crippen molar-refractivity contribution in [3.63, 3.8) is 0 Å². The van der Waals surface area contributed by atoms with Crippen LogP contribution in [0.25, 0.3) is 0 Å². The molecule has 0 saturated heterocycles. The number of carboxylic acids is 1. The minimum absolute atomic E-state index is 0.00687. The van der Waals surface area contributed by atoms with Crippen molar-refractivity contribution in [2.75, 3.05) is 0 Å². The molecule has 20 heavy (non-hydrogen) atoms. The highest BCUT2D eigenvalue weighted by Gasteiger charge is 2.14. The molecular weight excluding hydrogens is 258 g/mol. The highest BCUT2D eigenvalue weighted by molar-refractivity contribution is 5.95. The van der Waals surface area contributed by atoms with Crippen LogP contribution in [0.4, 0.5) is 0 Å². The lowest BCUT2D eigenvalue weighted by Gasteiger charge is -2.04. The first kappa shape index (κ1) is 13.9. The zero-order valence-corrected chi connectivity index (χ0v) is 11.1. The molecule has 0 bridgehead atoms. The van der Waals surface area contributed by atoms with E-state index in [0.717, 1.165) is 18.2 Å². The predicted molar refractivity (Wildman–Crippen MR) is 72.7 cm³/mol. The van der Waals surface area contributed by atoms with Gasteiger partial charge in [-0.05, 0) is 17.5 Å². The second kappa shape index (κ2) is 6.06. The molecule has 0 fully saturated rings. The smallest absolute Gasteiger partial charge is 0.338 e. The van der Waals surface area contributed by atoms with E-state index >= 15 is 0 Å². The molecule has 5 heteroatoms. The molecule has 2 aromatic rings. The van der Waals surface area contributed by atoms with Crippen LogP contribution in [-0.2, 0) is 13.0 Å². The summed E-state index contributed by atoms with van der Waals surface area (Å²) < 4.78 is 4.92. The Bertz CT molecular complexity index is 613. The molecule has 5 nitrogen and oxygen atoms in total. The Morgan fingerprint density at radius 1 is 1.20 bits per heavy atom. The number of benzene rings is 1. The number of carbonyl (C=O) groups excluding carboxylic acids is 1. The molecular formula is C15H15NO4. The Morgan fingerprint density at radius 2 is 1.85 bits per heavy atom. The molecule has 0 unspecified atom stereocenters. The van der Waals surface area contributed by atoms with Crippen molar-refractivity contribution in [1.82, 2.24) is 5.32 Å². The van der Waals surface area contributed by atoms with Gasteiger partial charge in [-0.1, -0.05) is 31.2 Å². The van der Waals surface area contributed by atoms with Crippen LogP contribution in [0, 0.1) is 0 Å². The molecule has 1 amide bonds. The van der Waals surface area contributed by atoms with E-state index in [-0.39, 0.29) is 11.3 Å². The maximum absolute atomic E-state index is 11.8. The number of amides is 1. The summed E-state index contributed by atoms with van der Waals surface area (Å²) >= 11 is 0. The molecule has 0 aliphatic heterocycles. The van der Waals surface area contributed by atoms with Gasteiger partial charge in [0.1, 0.15) is 6.26 Å². The highest BCUT2D eigenvalue weighted by Crippen LogP contribution is 2.09. The summed E-state index contributed by atoms with van der Waals surface area (Å²) in [6.45, 7) is 2.44. The fraction of sp³-hybridized carbons (Fsp3) is 0.200. The number of hydrogen-bond donors (Lipinski definition) is 2. The first-order valence-electron chi connectivity index (χ1n) is 6.28. The average molecular weight is 273 g/mol. The van der Waals surface area contributed by atoms with Gasteiger partial charge in [-0.3, -0.25) is 4.79 Å². The number of carboxylic acid groups (broad SMARTS) is 1. The number of furan rings is 1. The van der Waals surface area contributed by atoms with E-state index in [1.807, 2.05) is 24.3 Å². The molecule has 2 rings (SSSR count). The fourth-order valence-electron chi connectivity index (χ4n) is 1.73. The van der Waals surface area contributed by atoms with Crippen molar-refractivity contribution in [3.8, 4) is 0 Å². The Labute approximate surface area is 116 Å². The van der Waals surface area contributed by atoms with Crippen LogP contribution in [0.2, 0.25) is 0 Å². The fourth-order valence-corrected chi connectivity index (χ4v) is 1.73. The minimum Gasteiger partial charge on any atom is -0.478 e. The number of hydrogen-bond acceptors (Lipinski definition) is 3. The second-order valence-electron chi connectivity index (χ2n) is 4.36. The van der Waals surface area contributed by atoms with Gasteiger partial charge in [0, 0.05) is 12.6 Å². The van der Waals surface area contributed by atoms with Gasteiger partial charge in [-0.2, -0.15) is 0 Å². The molecule has 0 aliphatic carbocycles. The lowest BCUT2D eigenvalue weighted by atomic mass is 10.1. The molecule has 0 atom stereocenters. The lowest BCUT2D eigenvalue weighted by Crippen LogP contribution is -2.22. The highest BCUT2D eigenvalue weighted by atomic mass is 16.4. The third kappa shape index (κ3) is 3.26. The third-order valence-electron chi connectivity index (χ3n) is 2.95. The van der Waals surface area contributed by atoms with Crippen molar-refractivity contribution < 1.29 is 19.1 Å². The second-order valence-corrected chi connectivity index (χ2v) is 4.36. The van der Waals surface area contributed by atoms with Gasteiger partial charge in [0.25, 0.3) is 5.91 Å². The number of aromatic carboxylic acids is 1. The van der Waals surface area contributed by atoms with E-state index in [2.05, 4.69) is 12.2 Å². The molecule has 1 heterocycles. The van der Waals surface area contributed by atoms with Gasteiger partial charge in [-0.25, -0.2) is 4.79 Å². The Balaban J connectivity index is 1.95. The topological polar surface area (TPSA) is 79.5 Å². The summed E-state index contributed by atoms with van der Waals surface area (Å²) in [4.78, 5) is 22.5. The molecule has 0 spiro atoms. The standard InChI is InChI=1S/C15H15NO4/c1-2-10-3-5-11(6-4-10)8-16-14(17)13-7-12(9-20-13)15(18)19/h3-7,9H,2,8H2,1H3,(H,16,17)(H,18,19). The van der Waals surface area contributed by atoms with Crippen molar-refractivity contribution in [2.24, 2.45) is 0 Å². The number of aryl methyl sites for hydroxylation is 1. The summed E-state index contributed by atoms with van der Waals surface area (Å²) in [7, 11) is 0. The third-order valence-corrected chi connectivity index (χ3v) is 2.95. The summed E-state index contributed by atoms with van der Waals surface area (Å²) in [5.41, 5.74) is 2.17. The van der Waals surface area contributed by atoms with Crippen LogP contribution in [0.1, 0.15) is 39.0 Å². The van der Waals surface area contributed by atoms with Crippen LogP contribution < -0.4 is 5.32 Å². The first-order chi connectivity index (χ1) is 9.60. The molecule has 0 radical (unpaired) electrons. The van der Waals surface area contributed by atoms with E-state index in [1.165, 1.54) is 11.6 Å². The summed E-state index contributed by atoms with van der Waals surface area (Å²) in [5, 5.41) is 11.4. The molecule has 2 N–H and O–H groups in total. The Hall–Kier alpha value is -2.56.